The summed E-state index contributed by atoms with van der Waals surface area (Å²) < 4.78 is 38.5. The summed E-state index contributed by atoms with van der Waals surface area (Å²) in [4.78, 5) is 0. The Morgan fingerprint density at radius 1 is 1.33 bits per heavy atom. The number of phenols is 1. The van der Waals surface area contributed by atoms with E-state index in [2.05, 4.69) is 15.9 Å². The van der Waals surface area contributed by atoms with E-state index in [0.29, 0.717) is 0 Å². The molecule has 0 bridgehead atoms. The number of benzene rings is 1. The van der Waals surface area contributed by atoms with Gasteiger partial charge >= 0.3 is 6.18 Å². The minimum absolute atomic E-state index is 0.159. The van der Waals surface area contributed by atoms with Gasteiger partial charge in [-0.3, -0.25) is 0 Å². The van der Waals surface area contributed by atoms with Crippen molar-refractivity contribution in [1.82, 2.24) is 0 Å². The van der Waals surface area contributed by atoms with Crippen molar-refractivity contribution < 1.29 is 18.3 Å². The molecule has 0 aliphatic heterocycles. The highest BCUT2D eigenvalue weighted by atomic mass is 79.9. The van der Waals surface area contributed by atoms with Gasteiger partial charge in [0.15, 0.2) is 0 Å². The second-order valence-electron chi connectivity index (χ2n) is 4.61. The van der Waals surface area contributed by atoms with Crippen molar-refractivity contribution in [2.45, 2.75) is 31.5 Å². The lowest BCUT2D eigenvalue weighted by Crippen LogP contribution is -2.27. The van der Waals surface area contributed by atoms with Crippen LogP contribution in [0.15, 0.2) is 16.6 Å². The fourth-order valence-corrected chi connectivity index (χ4v) is 2.62. The molecule has 1 aliphatic rings. The molecule has 2 rings (SSSR count). The number of hydrogen-bond donors (Lipinski definition) is 2. The number of aromatic hydroxyl groups is 1. The third-order valence-corrected chi connectivity index (χ3v) is 3.88. The van der Waals surface area contributed by atoms with Gasteiger partial charge in [-0.1, -0.05) is 22.4 Å². The van der Waals surface area contributed by atoms with Gasteiger partial charge in [0.2, 0.25) is 0 Å². The molecule has 0 saturated heterocycles. The van der Waals surface area contributed by atoms with E-state index < -0.39 is 23.5 Å². The molecule has 0 amide bonds. The highest BCUT2D eigenvalue weighted by Gasteiger charge is 2.37. The standard InChI is InChI=1S/C12H13BrF3NO/c13-7-4-8(10(17)6-2-1-3-6)11(18)9(5-7)12(14,15)16/h4-6,10,18H,1-3,17H2/t10-/m1/s1. The monoisotopic (exact) mass is 323 g/mol. The molecule has 1 aromatic rings. The Morgan fingerprint density at radius 2 is 1.94 bits per heavy atom. The fraction of sp³-hybridized carbons (Fsp3) is 0.500. The SMILES string of the molecule is N[C@@H](c1cc(Br)cc(C(F)(F)F)c1O)C1CCC1. The van der Waals surface area contributed by atoms with Gasteiger partial charge in [0.1, 0.15) is 5.75 Å². The lowest BCUT2D eigenvalue weighted by molar-refractivity contribution is -0.138. The van der Waals surface area contributed by atoms with Gasteiger partial charge in [0.05, 0.1) is 5.56 Å². The van der Waals surface area contributed by atoms with Gasteiger partial charge in [-0.15, -0.1) is 0 Å². The Kier molecular flexibility index (Phi) is 3.60. The van der Waals surface area contributed by atoms with E-state index in [1.807, 2.05) is 0 Å². The van der Waals surface area contributed by atoms with E-state index in [1.165, 1.54) is 6.07 Å². The summed E-state index contributed by atoms with van der Waals surface area (Å²) in [7, 11) is 0. The zero-order chi connectivity index (χ0) is 13.5. The number of halogens is 4. The Balaban J connectivity index is 2.44. The average molecular weight is 324 g/mol. The van der Waals surface area contributed by atoms with E-state index in [9.17, 15) is 18.3 Å². The maximum Gasteiger partial charge on any atom is 0.420 e. The fourth-order valence-electron chi connectivity index (χ4n) is 2.14. The molecule has 1 aromatic carbocycles. The Morgan fingerprint density at radius 3 is 2.39 bits per heavy atom. The van der Waals surface area contributed by atoms with Crippen LogP contribution in [0.4, 0.5) is 13.2 Å². The molecule has 0 unspecified atom stereocenters. The summed E-state index contributed by atoms with van der Waals surface area (Å²) in [6.45, 7) is 0. The van der Waals surface area contributed by atoms with E-state index >= 15 is 0 Å². The minimum Gasteiger partial charge on any atom is -0.507 e. The molecule has 100 valence electrons. The van der Waals surface area contributed by atoms with Crippen LogP contribution >= 0.6 is 15.9 Å². The van der Waals surface area contributed by atoms with E-state index in [1.54, 1.807) is 0 Å². The summed E-state index contributed by atoms with van der Waals surface area (Å²) in [6.07, 6.45) is -1.75. The molecule has 3 N–H and O–H groups in total. The summed E-state index contributed by atoms with van der Waals surface area (Å²) in [6, 6.07) is 1.79. The lowest BCUT2D eigenvalue weighted by Gasteiger charge is -2.32. The normalized spacial score (nSPS) is 18.5. The highest BCUT2D eigenvalue weighted by Crippen LogP contribution is 2.45. The molecule has 0 aromatic heterocycles. The van der Waals surface area contributed by atoms with Crippen molar-refractivity contribution in [3.8, 4) is 5.75 Å². The molecule has 0 radical (unpaired) electrons. The van der Waals surface area contributed by atoms with E-state index in [4.69, 9.17) is 5.73 Å². The lowest BCUT2D eigenvalue weighted by atomic mass is 9.77. The zero-order valence-corrected chi connectivity index (χ0v) is 11.1. The van der Waals surface area contributed by atoms with Crippen LogP contribution in [-0.4, -0.2) is 5.11 Å². The molecular formula is C12H13BrF3NO. The first-order valence-corrected chi connectivity index (χ1v) is 6.45. The summed E-state index contributed by atoms with van der Waals surface area (Å²) in [5, 5.41) is 9.77. The van der Waals surface area contributed by atoms with Crippen molar-refractivity contribution in [2.75, 3.05) is 0 Å². The second-order valence-corrected chi connectivity index (χ2v) is 5.52. The highest BCUT2D eigenvalue weighted by molar-refractivity contribution is 9.10. The topological polar surface area (TPSA) is 46.2 Å². The Hall–Kier alpha value is -0.750. The summed E-state index contributed by atoms with van der Waals surface area (Å²) >= 11 is 3.03. The summed E-state index contributed by atoms with van der Waals surface area (Å²) in [5.74, 6) is -0.587. The van der Waals surface area contributed by atoms with Crippen molar-refractivity contribution in [1.29, 1.82) is 0 Å². The van der Waals surface area contributed by atoms with Gasteiger partial charge in [-0.2, -0.15) is 13.2 Å². The molecule has 0 heterocycles. The van der Waals surface area contributed by atoms with Crippen molar-refractivity contribution in [3.05, 3.63) is 27.7 Å². The first kappa shape index (κ1) is 13.7. The predicted octanol–water partition coefficient (Wildman–Crippen LogP) is 3.97. The Bertz CT molecular complexity index is 457. The predicted molar refractivity (Wildman–Crippen MR) is 65.1 cm³/mol. The van der Waals surface area contributed by atoms with Crippen molar-refractivity contribution in [3.63, 3.8) is 0 Å². The number of phenolic OH excluding ortho intramolecular Hbond substituents is 1. The van der Waals surface area contributed by atoms with Gasteiger partial charge in [-0.25, -0.2) is 0 Å². The van der Waals surface area contributed by atoms with Gasteiger partial charge in [0, 0.05) is 16.1 Å². The molecule has 2 nitrogen and oxygen atoms in total. The third kappa shape index (κ3) is 2.49. The largest absolute Gasteiger partial charge is 0.507 e. The zero-order valence-electron chi connectivity index (χ0n) is 9.47. The number of rotatable bonds is 2. The Labute approximate surface area is 111 Å². The number of hydrogen-bond acceptors (Lipinski definition) is 2. The first-order chi connectivity index (χ1) is 8.30. The van der Waals surface area contributed by atoms with E-state index in [0.717, 1.165) is 25.3 Å². The second kappa shape index (κ2) is 4.74. The maximum absolute atomic E-state index is 12.7. The van der Waals surface area contributed by atoms with Gasteiger partial charge < -0.3 is 10.8 Å². The van der Waals surface area contributed by atoms with Crippen LogP contribution in [0.3, 0.4) is 0 Å². The van der Waals surface area contributed by atoms with Crippen LogP contribution in [0, 0.1) is 5.92 Å². The van der Waals surface area contributed by atoms with Gasteiger partial charge in [0.25, 0.3) is 0 Å². The quantitative estimate of drug-likeness (QED) is 0.864. The van der Waals surface area contributed by atoms with Gasteiger partial charge in [-0.05, 0) is 30.9 Å². The molecular weight excluding hydrogens is 311 g/mol. The van der Waals surface area contributed by atoms with Crippen LogP contribution in [0.2, 0.25) is 0 Å². The van der Waals surface area contributed by atoms with E-state index in [-0.39, 0.29) is 16.0 Å². The molecule has 1 atom stereocenters. The van der Waals surface area contributed by atoms with Crippen LogP contribution in [0.5, 0.6) is 5.75 Å². The minimum atomic E-state index is -4.58. The molecule has 18 heavy (non-hydrogen) atoms. The van der Waals surface area contributed by atoms with Crippen molar-refractivity contribution >= 4 is 15.9 Å². The number of nitrogens with two attached hydrogens (primary N) is 1. The smallest absolute Gasteiger partial charge is 0.420 e. The average Bonchev–Trinajstić information content (AvgIpc) is 2.16. The molecule has 1 aliphatic carbocycles. The maximum atomic E-state index is 12.7. The number of alkyl halides is 3. The molecule has 6 heteroatoms. The van der Waals surface area contributed by atoms with Crippen molar-refractivity contribution in [2.24, 2.45) is 11.7 Å². The van der Waals surface area contributed by atoms with Crippen LogP contribution in [0.1, 0.15) is 36.4 Å². The third-order valence-electron chi connectivity index (χ3n) is 3.43. The molecule has 1 fully saturated rings. The van der Waals surface area contributed by atoms with Crippen LogP contribution in [-0.2, 0) is 6.18 Å². The molecule has 1 saturated carbocycles. The molecule has 0 spiro atoms. The first-order valence-electron chi connectivity index (χ1n) is 5.66. The van der Waals surface area contributed by atoms with Crippen LogP contribution in [0.25, 0.3) is 0 Å². The van der Waals surface area contributed by atoms with Crippen LogP contribution < -0.4 is 5.73 Å². The summed E-state index contributed by atoms with van der Waals surface area (Å²) in [5.41, 5.74) is 5.06.